The summed E-state index contributed by atoms with van der Waals surface area (Å²) in [6.45, 7) is 8.48. The number of benzene rings is 1. The monoisotopic (exact) mass is 357 g/mol. The van der Waals surface area contributed by atoms with Gasteiger partial charge in [0.15, 0.2) is 11.8 Å². The molecule has 0 saturated carbocycles. The summed E-state index contributed by atoms with van der Waals surface area (Å²) in [6.07, 6.45) is 1.11. The van der Waals surface area contributed by atoms with E-state index >= 15 is 0 Å². The molecule has 1 atom stereocenters. The molecule has 26 heavy (non-hydrogen) atoms. The number of hydrogen-bond donors (Lipinski definition) is 1. The Balaban J connectivity index is 1.48. The van der Waals surface area contributed by atoms with Crippen LogP contribution in [0.5, 0.6) is 0 Å². The van der Waals surface area contributed by atoms with Gasteiger partial charge in [0.05, 0.1) is 13.2 Å². The smallest absolute Gasteiger partial charge is 0.223 e. The van der Waals surface area contributed by atoms with E-state index in [4.69, 9.17) is 9.26 Å². The molecular weight excluding hydrogens is 330 g/mol. The zero-order valence-corrected chi connectivity index (χ0v) is 15.5. The molecular formula is C19H27N5O2. The van der Waals surface area contributed by atoms with Crippen molar-refractivity contribution in [2.45, 2.75) is 33.4 Å². The molecule has 1 aromatic heterocycles. The quantitative estimate of drug-likeness (QED) is 0.606. The van der Waals surface area contributed by atoms with Crippen LogP contribution in [0.25, 0.3) is 0 Å². The molecule has 0 spiro atoms. The van der Waals surface area contributed by atoms with Crippen molar-refractivity contribution in [3.05, 3.63) is 47.6 Å². The molecule has 1 aliphatic rings. The van der Waals surface area contributed by atoms with E-state index in [0.717, 1.165) is 38.6 Å². The van der Waals surface area contributed by atoms with Crippen molar-refractivity contribution >= 4 is 5.96 Å². The second kappa shape index (κ2) is 9.33. The molecule has 140 valence electrons. The number of ether oxygens (including phenoxy) is 1. The lowest BCUT2D eigenvalue weighted by molar-refractivity contribution is 0.0906. The second-order valence-electron chi connectivity index (χ2n) is 6.50. The number of likely N-dealkylation sites (tertiary alicyclic amines) is 1. The molecule has 2 heterocycles. The van der Waals surface area contributed by atoms with Crippen LogP contribution in [-0.4, -0.2) is 47.2 Å². The van der Waals surface area contributed by atoms with Crippen molar-refractivity contribution < 1.29 is 9.26 Å². The van der Waals surface area contributed by atoms with E-state index in [1.54, 1.807) is 6.92 Å². The Bertz CT molecular complexity index is 701. The number of aromatic nitrogens is 2. The molecule has 7 heteroatoms. The lowest BCUT2D eigenvalue weighted by atomic mass is 10.1. The van der Waals surface area contributed by atoms with Crippen LogP contribution in [0.15, 0.2) is 39.8 Å². The molecule has 1 N–H and O–H groups in total. The maximum Gasteiger partial charge on any atom is 0.223 e. The normalized spacial score (nSPS) is 17.7. The van der Waals surface area contributed by atoms with Gasteiger partial charge in [-0.05, 0) is 18.9 Å². The van der Waals surface area contributed by atoms with E-state index in [2.05, 4.69) is 44.4 Å². The fourth-order valence-electron chi connectivity index (χ4n) is 3.06. The van der Waals surface area contributed by atoms with Crippen LogP contribution in [0, 0.1) is 12.8 Å². The zero-order chi connectivity index (χ0) is 18.2. The SMILES string of the molecule is CCNC(=NCc1noc(C)n1)N1CCC(COCc2ccccc2)C1. The van der Waals surface area contributed by atoms with E-state index < -0.39 is 0 Å². The largest absolute Gasteiger partial charge is 0.376 e. The van der Waals surface area contributed by atoms with Crippen LogP contribution in [0.1, 0.15) is 30.6 Å². The maximum absolute atomic E-state index is 5.90. The van der Waals surface area contributed by atoms with Crippen LogP contribution in [0.3, 0.4) is 0 Å². The Morgan fingerprint density at radius 3 is 2.96 bits per heavy atom. The minimum Gasteiger partial charge on any atom is -0.376 e. The number of rotatable bonds is 7. The number of aryl methyl sites for hydroxylation is 1. The highest BCUT2D eigenvalue weighted by molar-refractivity contribution is 5.80. The first kappa shape index (κ1) is 18.4. The van der Waals surface area contributed by atoms with E-state index in [1.807, 2.05) is 18.2 Å². The Morgan fingerprint density at radius 2 is 2.23 bits per heavy atom. The van der Waals surface area contributed by atoms with E-state index in [-0.39, 0.29) is 0 Å². The van der Waals surface area contributed by atoms with Crippen molar-refractivity contribution in [3.8, 4) is 0 Å². The van der Waals surface area contributed by atoms with Crippen molar-refractivity contribution in [2.24, 2.45) is 10.9 Å². The number of hydrogen-bond acceptors (Lipinski definition) is 5. The first-order valence-electron chi connectivity index (χ1n) is 9.18. The van der Waals surface area contributed by atoms with Gasteiger partial charge in [-0.15, -0.1) is 0 Å². The highest BCUT2D eigenvalue weighted by Crippen LogP contribution is 2.17. The van der Waals surface area contributed by atoms with Crippen LogP contribution in [-0.2, 0) is 17.9 Å². The second-order valence-corrected chi connectivity index (χ2v) is 6.50. The zero-order valence-electron chi connectivity index (χ0n) is 15.5. The van der Waals surface area contributed by atoms with Crippen molar-refractivity contribution in [1.29, 1.82) is 0 Å². The van der Waals surface area contributed by atoms with Gasteiger partial charge in [-0.1, -0.05) is 35.5 Å². The lowest BCUT2D eigenvalue weighted by Crippen LogP contribution is -2.40. The van der Waals surface area contributed by atoms with Crippen LogP contribution < -0.4 is 5.32 Å². The van der Waals surface area contributed by atoms with Gasteiger partial charge < -0.3 is 19.5 Å². The van der Waals surface area contributed by atoms with E-state index in [1.165, 1.54) is 5.56 Å². The molecule has 1 saturated heterocycles. The summed E-state index contributed by atoms with van der Waals surface area (Å²) in [7, 11) is 0. The topological polar surface area (TPSA) is 75.8 Å². The summed E-state index contributed by atoms with van der Waals surface area (Å²) < 4.78 is 10.9. The summed E-state index contributed by atoms with van der Waals surface area (Å²) in [4.78, 5) is 11.1. The summed E-state index contributed by atoms with van der Waals surface area (Å²) in [6, 6.07) is 10.3. The first-order chi connectivity index (χ1) is 12.7. The molecule has 0 bridgehead atoms. The van der Waals surface area contributed by atoms with Gasteiger partial charge in [0.1, 0.15) is 6.54 Å². The van der Waals surface area contributed by atoms with Gasteiger partial charge in [-0.2, -0.15) is 4.98 Å². The number of guanidine groups is 1. The predicted molar refractivity (Wildman–Crippen MR) is 99.6 cm³/mol. The molecule has 2 aromatic rings. The Morgan fingerprint density at radius 1 is 1.38 bits per heavy atom. The van der Waals surface area contributed by atoms with Crippen LogP contribution >= 0.6 is 0 Å². The van der Waals surface area contributed by atoms with Gasteiger partial charge in [-0.25, -0.2) is 4.99 Å². The van der Waals surface area contributed by atoms with Gasteiger partial charge in [-0.3, -0.25) is 0 Å². The summed E-state index contributed by atoms with van der Waals surface area (Å²) in [5.74, 6) is 2.60. The molecule has 0 radical (unpaired) electrons. The summed E-state index contributed by atoms with van der Waals surface area (Å²) >= 11 is 0. The Hall–Kier alpha value is -2.41. The summed E-state index contributed by atoms with van der Waals surface area (Å²) in [5, 5.41) is 7.25. The third-order valence-corrected chi connectivity index (χ3v) is 4.33. The molecule has 1 aromatic carbocycles. The minimum atomic E-state index is 0.422. The van der Waals surface area contributed by atoms with Crippen LogP contribution in [0.4, 0.5) is 0 Å². The third kappa shape index (κ3) is 5.29. The average Bonchev–Trinajstić information content (AvgIpc) is 3.29. The number of nitrogens with zero attached hydrogens (tertiary/aromatic N) is 4. The van der Waals surface area contributed by atoms with E-state index in [0.29, 0.717) is 30.8 Å². The van der Waals surface area contributed by atoms with Crippen molar-refractivity contribution in [2.75, 3.05) is 26.2 Å². The van der Waals surface area contributed by atoms with Gasteiger partial charge >= 0.3 is 0 Å². The Kier molecular flexibility index (Phi) is 6.60. The molecule has 0 amide bonds. The highest BCUT2D eigenvalue weighted by Gasteiger charge is 2.25. The van der Waals surface area contributed by atoms with Crippen molar-refractivity contribution in [3.63, 3.8) is 0 Å². The maximum atomic E-state index is 5.90. The molecule has 1 aliphatic heterocycles. The predicted octanol–water partition coefficient (Wildman–Crippen LogP) is 2.38. The third-order valence-electron chi connectivity index (χ3n) is 4.33. The van der Waals surface area contributed by atoms with E-state index in [9.17, 15) is 0 Å². The average molecular weight is 357 g/mol. The van der Waals surface area contributed by atoms with Gasteiger partial charge in [0, 0.05) is 32.5 Å². The fourth-order valence-corrected chi connectivity index (χ4v) is 3.06. The summed E-state index contributed by atoms with van der Waals surface area (Å²) in [5.41, 5.74) is 1.22. The van der Waals surface area contributed by atoms with Crippen LogP contribution in [0.2, 0.25) is 0 Å². The molecule has 1 unspecified atom stereocenters. The molecule has 3 rings (SSSR count). The van der Waals surface area contributed by atoms with Gasteiger partial charge in [0.25, 0.3) is 0 Å². The number of aliphatic imine (C=N–C) groups is 1. The highest BCUT2D eigenvalue weighted by atomic mass is 16.5. The molecule has 1 fully saturated rings. The first-order valence-corrected chi connectivity index (χ1v) is 9.18. The minimum absolute atomic E-state index is 0.422. The van der Waals surface area contributed by atoms with Crippen molar-refractivity contribution in [1.82, 2.24) is 20.4 Å². The fraction of sp³-hybridized carbons (Fsp3) is 0.526. The Labute approximate surface area is 154 Å². The lowest BCUT2D eigenvalue weighted by Gasteiger charge is -2.21. The standard InChI is InChI=1S/C19H27N5O2/c1-3-20-19(21-11-18-22-15(2)26-23-18)24-10-9-17(12-24)14-25-13-16-7-5-4-6-8-16/h4-8,17H,3,9-14H2,1-2H3,(H,20,21). The van der Waals surface area contributed by atoms with Gasteiger partial charge in [0.2, 0.25) is 5.89 Å². The number of nitrogens with one attached hydrogen (secondary N) is 1. The molecule has 0 aliphatic carbocycles. The molecule has 7 nitrogen and oxygen atoms in total.